The summed E-state index contributed by atoms with van der Waals surface area (Å²) in [6.07, 6.45) is 0. The molecule has 0 unspecified atom stereocenters. The lowest BCUT2D eigenvalue weighted by atomic mass is 10.1. The van der Waals surface area contributed by atoms with E-state index in [0.717, 1.165) is 5.52 Å². The molecule has 0 bridgehead atoms. The van der Waals surface area contributed by atoms with Gasteiger partial charge >= 0.3 is 0 Å². The summed E-state index contributed by atoms with van der Waals surface area (Å²) in [5.74, 6) is 0.391. The van der Waals surface area contributed by atoms with E-state index in [1.54, 1.807) is 19.1 Å². The first kappa shape index (κ1) is 10.8. The average Bonchev–Trinajstić information content (AvgIpc) is 2.78. The van der Waals surface area contributed by atoms with Gasteiger partial charge in [-0.05, 0) is 30.7 Å². The quantitative estimate of drug-likeness (QED) is 0.642. The highest BCUT2D eigenvalue weighted by molar-refractivity contribution is 5.89. The zero-order valence-electron chi connectivity index (χ0n) is 9.87. The van der Waals surface area contributed by atoms with E-state index in [0.29, 0.717) is 28.2 Å². The van der Waals surface area contributed by atoms with Crippen molar-refractivity contribution in [2.75, 3.05) is 5.73 Å². The Morgan fingerprint density at radius 1 is 1.22 bits per heavy atom. The van der Waals surface area contributed by atoms with E-state index in [-0.39, 0.29) is 5.82 Å². The van der Waals surface area contributed by atoms with Gasteiger partial charge in [0.2, 0.25) is 0 Å². The number of nitrogens with one attached hydrogen (secondary N) is 1. The standard InChI is InChI=1S/C14H12FN3/c1-8-5-6-9(7-10(8)15)14-17-12-4-2-3-11(16)13(12)18-14/h2-7H,16H2,1H3,(H,17,18). The molecule has 3 nitrogen and oxygen atoms in total. The monoisotopic (exact) mass is 241 g/mol. The molecule has 0 spiro atoms. The summed E-state index contributed by atoms with van der Waals surface area (Å²) in [5, 5.41) is 0. The van der Waals surface area contributed by atoms with Crippen molar-refractivity contribution in [2.45, 2.75) is 6.92 Å². The summed E-state index contributed by atoms with van der Waals surface area (Å²) < 4.78 is 13.5. The van der Waals surface area contributed by atoms with Crippen LogP contribution in [0.15, 0.2) is 36.4 Å². The summed E-state index contributed by atoms with van der Waals surface area (Å²) in [6.45, 7) is 1.73. The number of rotatable bonds is 1. The Morgan fingerprint density at radius 2 is 2.06 bits per heavy atom. The number of imidazole rings is 1. The van der Waals surface area contributed by atoms with Gasteiger partial charge in [-0.15, -0.1) is 0 Å². The second-order valence-electron chi connectivity index (χ2n) is 4.29. The minimum Gasteiger partial charge on any atom is -0.397 e. The molecule has 0 fully saturated rings. The van der Waals surface area contributed by atoms with Gasteiger partial charge in [0.1, 0.15) is 17.2 Å². The minimum absolute atomic E-state index is 0.235. The molecule has 0 atom stereocenters. The molecule has 0 aliphatic heterocycles. The first-order valence-electron chi connectivity index (χ1n) is 5.66. The number of nitrogen functional groups attached to an aromatic ring is 1. The fourth-order valence-electron chi connectivity index (χ4n) is 1.93. The molecule has 18 heavy (non-hydrogen) atoms. The molecule has 0 radical (unpaired) electrons. The van der Waals surface area contributed by atoms with Crippen LogP contribution in [0.4, 0.5) is 10.1 Å². The predicted octanol–water partition coefficient (Wildman–Crippen LogP) is 3.26. The van der Waals surface area contributed by atoms with E-state index in [1.165, 1.54) is 6.07 Å². The number of fused-ring (bicyclic) bond motifs is 1. The van der Waals surface area contributed by atoms with Gasteiger partial charge in [0.25, 0.3) is 0 Å². The van der Waals surface area contributed by atoms with Crippen molar-refractivity contribution in [3.8, 4) is 11.4 Å². The number of benzene rings is 2. The fraction of sp³-hybridized carbons (Fsp3) is 0.0714. The first-order valence-corrected chi connectivity index (χ1v) is 5.66. The van der Waals surface area contributed by atoms with Crippen LogP contribution in [0.5, 0.6) is 0 Å². The van der Waals surface area contributed by atoms with Crippen LogP contribution in [0.2, 0.25) is 0 Å². The maximum atomic E-state index is 13.5. The summed E-state index contributed by atoms with van der Waals surface area (Å²) in [6, 6.07) is 10.6. The molecule has 2 aromatic carbocycles. The van der Waals surface area contributed by atoms with E-state index in [4.69, 9.17) is 5.73 Å². The van der Waals surface area contributed by atoms with E-state index in [9.17, 15) is 4.39 Å². The van der Waals surface area contributed by atoms with Crippen LogP contribution in [0.1, 0.15) is 5.56 Å². The Labute approximate surface area is 103 Å². The molecule has 1 aromatic heterocycles. The third-order valence-electron chi connectivity index (χ3n) is 2.99. The third-order valence-corrected chi connectivity index (χ3v) is 2.99. The van der Waals surface area contributed by atoms with Gasteiger partial charge in [0.15, 0.2) is 0 Å². The van der Waals surface area contributed by atoms with Gasteiger partial charge < -0.3 is 10.7 Å². The lowest BCUT2D eigenvalue weighted by molar-refractivity contribution is 0.619. The number of nitrogens with zero attached hydrogens (tertiary/aromatic N) is 1. The molecular formula is C14H12FN3. The van der Waals surface area contributed by atoms with Gasteiger partial charge in [-0.1, -0.05) is 18.2 Å². The molecule has 4 heteroatoms. The summed E-state index contributed by atoms with van der Waals surface area (Å²) >= 11 is 0. The number of aryl methyl sites for hydroxylation is 1. The summed E-state index contributed by atoms with van der Waals surface area (Å²) in [5.41, 5.74) is 9.36. The Morgan fingerprint density at radius 3 is 2.78 bits per heavy atom. The second kappa shape index (κ2) is 3.84. The highest BCUT2D eigenvalue weighted by atomic mass is 19.1. The summed E-state index contributed by atoms with van der Waals surface area (Å²) in [4.78, 5) is 7.55. The molecule has 3 N–H and O–H groups in total. The number of halogens is 1. The number of nitrogens with two attached hydrogens (primary N) is 1. The van der Waals surface area contributed by atoms with Crippen molar-refractivity contribution < 1.29 is 4.39 Å². The molecule has 1 heterocycles. The molecule has 0 saturated carbocycles. The third kappa shape index (κ3) is 1.62. The van der Waals surface area contributed by atoms with Gasteiger partial charge in [-0.25, -0.2) is 9.37 Å². The van der Waals surface area contributed by atoms with Crippen molar-refractivity contribution >= 4 is 16.7 Å². The Balaban J connectivity index is 2.19. The van der Waals surface area contributed by atoms with Crippen LogP contribution in [0.25, 0.3) is 22.4 Å². The lowest BCUT2D eigenvalue weighted by Crippen LogP contribution is -1.86. The van der Waals surface area contributed by atoms with Gasteiger partial charge in [0, 0.05) is 5.56 Å². The van der Waals surface area contributed by atoms with Crippen molar-refractivity contribution in [3.63, 3.8) is 0 Å². The minimum atomic E-state index is -0.235. The first-order chi connectivity index (χ1) is 8.65. The molecule has 90 valence electrons. The highest BCUT2D eigenvalue weighted by Gasteiger charge is 2.08. The van der Waals surface area contributed by atoms with Crippen LogP contribution in [0.3, 0.4) is 0 Å². The second-order valence-corrected chi connectivity index (χ2v) is 4.29. The van der Waals surface area contributed by atoms with Crippen molar-refractivity contribution in [3.05, 3.63) is 47.8 Å². The Hall–Kier alpha value is -2.36. The highest BCUT2D eigenvalue weighted by Crippen LogP contribution is 2.24. The number of hydrogen-bond donors (Lipinski definition) is 2. The summed E-state index contributed by atoms with van der Waals surface area (Å²) in [7, 11) is 0. The number of aromatic nitrogens is 2. The molecule has 0 amide bonds. The average molecular weight is 241 g/mol. The van der Waals surface area contributed by atoms with Crippen LogP contribution < -0.4 is 5.73 Å². The zero-order valence-corrected chi connectivity index (χ0v) is 9.87. The zero-order chi connectivity index (χ0) is 12.7. The smallest absolute Gasteiger partial charge is 0.138 e. The Bertz CT molecular complexity index is 731. The maximum Gasteiger partial charge on any atom is 0.138 e. The number of hydrogen-bond acceptors (Lipinski definition) is 2. The Kier molecular flexibility index (Phi) is 2.30. The van der Waals surface area contributed by atoms with Crippen LogP contribution in [0, 0.1) is 12.7 Å². The molecule has 0 saturated heterocycles. The number of para-hydroxylation sites is 1. The molecule has 3 rings (SSSR count). The van der Waals surface area contributed by atoms with Crippen LogP contribution in [-0.2, 0) is 0 Å². The topological polar surface area (TPSA) is 54.7 Å². The van der Waals surface area contributed by atoms with Crippen LogP contribution in [-0.4, -0.2) is 9.97 Å². The SMILES string of the molecule is Cc1ccc(-c2nc3c(N)cccc3[nH]2)cc1F. The van der Waals surface area contributed by atoms with E-state index in [1.807, 2.05) is 18.2 Å². The van der Waals surface area contributed by atoms with Crippen molar-refractivity contribution in [1.29, 1.82) is 0 Å². The van der Waals surface area contributed by atoms with Crippen molar-refractivity contribution in [1.82, 2.24) is 9.97 Å². The van der Waals surface area contributed by atoms with Crippen LogP contribution >= 0.6 is 0 Å². The van der Waals surface area contributed by atoms with Crippen molar-refractivity contribution in [2.24, 2.45) is 0 Å². The van der Waals surface area contributed by atoms with E-state index < -0.39 is 0 Å². The maximum absolute atomic E-state index is 13.5. The molecule has 0 aliphatic carbocycles. The van der Waals surface area contributed by atoms with Gasteiger partial charge in [-0.3, -0.25) is 0 Å². The number of aromatic amines is 1. The van der Waals surface area contributed by atoms with E-state index >= 15 is 0 Å². The lowest BCUT2D eigenvalue weighted by Gasteiger charge is -1.99. The van der Waals surface area contributed by atoms with Gasteiger partial charge in [-0.2, -0.15) is 0 Å². The van der Waals surface area contributed by atoms with E-state index in [2.05, 4.69) is 9.97 Å². The largest absolute Gasteiger partial charge is 0.397 e. The predicted molar refractivity (Wildman–Crippen MR) is 70.6 cm³/mol. The number of anilines is 1. The normalized spacial score (nSPS) is 11.0. The molecule has 3 aromatic rings. The van der Waals surface area contributed by atoms with Gasteiger partial charge in [0.05, 0.1) is 11.2 Å². The molecule has 0 aliphatic rings. The molecular weight excluding hydrogens is 229 g/mol. The number of H-pyrrole nitrogens is 1. The fourth-order valence-corrected chi connectivity index (χ4v) is 1.93.